The zero-order chi connectivity index (χ0) is 17.3. The van der Waals surface area contributed by atoms with Gasteiger partial charge in [-0.3, -0.25) is 0 Å². The summed E-state index contributed by atoms with van der Waals surface area (Å²) in [4.78, 5) is 0. The third-order valence-corrected chi connectivity index (χ3v) is 4.10. The second kappa shape index (κ2) is 24.7. The SMILES string of the molecule is CCC(C)[OH2+].CCC(C)[OH2+].CCC(C)[O][Al-][O]C(C)CC.[Y]. The van der Waals surface area contributed by atoms with Crippen molar-refractivity contribution in [2.24, 2.45) is 0 Å². The summed E-state index contributed by atoms with van der Waals surface area (Å²) in [5.41, 5.74) is 0. The van der Waals surface area contributed by atoms with E-state index in [4.69, 9.17) is 17.8 Å². The molecule has 4 atom stereocenters. The Morgan fingerprint density at radius 1 is 0.682 bits per heavy atom. The molecule has 4 nitrogen and oxygen atoms in total. The summed E-state index contributed by atoms with van der Waals surface area (Å²) in [7, 11) is 0. The molecule has 0 saturated heterocycles. The summed E-state index contributed by atoms with van der Waals surface area (Å²) in [6.07, 6.45) is 5.06. The van der Waals surface area contributed by atoms with Gasteiger partial charge in [0.25, 0.3) is 0 Å². The quantitative estimate of drug-likeness (QED) is 0.454. The summed E-state index contributed by atoms with van der Waals surface area (Å²) < 4.78 is 10.8. The van der Waals surface area contributed by atoms with Gasteiger partial charge in [0.2, 0.25) is 0 Å². The predicted molar refractivity (Wildman–Crippen MR) is 94.2 cm³/mol. The Balaban J connectivity index is -0.000000124. The molecule has 22 heavy (non-hydrogen) atoms. The molecule has 0 aromatic carbocycles. The van der Waals surface area contributed by atoms with E-state index in [1.807, 2.05) is 27.7 Å². The van der Waals surface area contributed by atoms with Crippen molar-refractivity contribution >= 4 is 15.9 Å². The molecular formula is C16H40AlO4Y+. The van der Waals surface area contributed by atoms with Crippen molar-refractivity contribution in [2.45, 2.75) is 105 Å². The first-order valence-electron chi connectivity index (χ1n) is 8.29. The van der Waals surface area contributed by atoms with E-state index in [-0.39, 0.29) is 60.8 Å². The summed E-state index contributed by atoms with van der Waals surface area (Å²) >= 11 is -0.250. The fourth-order valence-electron chi connectivity index (χ4n) is 0.414. The summed E-state index contributed by atoms with van der Waals surface area (Å²) in [6, 6.07) is 0. The van der Waals surface area contributed by atoms with Crippen molar-refractivity contribution in [3.05, 3.63) is 0 Å². The molecule has 0 aromatic rings. The predicted octanol–water partition coefficient (Wildman–Crippen LogP) is 3.17. The molecule has 4 unspecified atom stereocenters. The van der Waals surface area contributed by atoms with Gasteiger partial charge >= 0.3 is 0 Å². The van der Waals surface area contributed by atoms with Crippen LogP contribution in [0.3, 0.4) is 0 Å². The first-order chi connectivity index (χ1) is 9.74. The van der Waals surface area contributed by atoms with Crippen LogP contribution in [0.2, 0.25) is 0 Å². The van der Waals surface area contributed by atoms with Crippen molar-refractivity contribution in [3.8, 4) is 0 Å². The maximum Gasteiger partial charge on any atom is 0.150 e. The van der Waals surface area contributed by atoms with Gasteiger partial charge in [0, 0.05) is 59.4 Å². The van der Waals surface area contributed by atoms with Gasteiger partial charge in [0.1, 0.15) is 15.9 Å². The van der Waals surface area contributed by atoms with Gasteiger partial charge in [-0.25, -0.2) is 0 Å². The molecule has 6 heteroatoms. The standard InChI is InChI=1S/2C4H10O.2C4H9O.Al.Y/c4*1-3-4(2)5;;/h2*4-5H,3H2,1-2H3;2*4H,3H2,1-2H3;;/q;;2*-1;+1;/p+2. The Kier molecular flexibility index (Phi) is 35.1. The molecule has 3 radical (unpaired) electrons. The largest absolute Gasteiger partial charge is 0.677 e. The van der Waals surface area contributed by atoms with Gasteiger partial charge in [0.15, 0.2) is 12.2 Å². The van der Waals surface area contributed by atoms with Crippen LogP contribution in [-0.4, -0.2) is 50.5 Å². The van der Waals surface area contributed by atoms with E-state index >= 15 is 0 Å². The van der Waals surface area contributed by atoms with Crippen molar-refractivity contribution in [1.82, 2.24) is 0 Å². The molecule has 0 bridgehead atoms. The first-order valence-corrected chi connectivity index (χ1v) is 9.23. The number of hydrogen-bond acceptors (Lipinski definition) is 2. The zero-order valence-electron chi connectivity index (χ0n) is 16.1. The van der Waals surface area contributed by atoms with E-state index in [0.29, 0.717) is 12.2 Å². The van der Waals surface area contributed by atoms with Gasteiger partial charge in [-0.15, -0.1) is 0 Å². The van der Waals surface area contributed by atoms with Gasteiger partial charge < -0.3 is 17.8 Å². The van der Waals surface area contributed by atoms with E-state index in [1.54, 1.807) is 0 Å². The third kappa shape index (κ3) is 37.6. The molecule has 0 spiro atoms. The summed E-state index contributed by atoms with van der Waals surface area (Å²) in [6.45, 7) is 16.2. The van der Waals surface area contributed by atoms with Crippen LogP contribution in [-0.2, 0) is 40.3 Å². The average molecular weight is 412 g/mol. The molecular weight excluding hydrogens is 372 g/mol. The third-order valence-electron chi connectivity index (χ3n) is 2.95. The topological polar surface area (TPSA) is 64.3 Å². The molecule has 0 aliphatic heterocycles. The van der Waals surface area contributed by atoms with E-state index in [0.717, 1.165) is 25.7 Å². The fraction of sp³-hybridized carbons (Fsp3) is 1.00. The van der Waals surface area contributed by atoms with Crippen molar-refractivity contribution < 1.29 is 50.5 Å². The van der Waals surface area contributed by atoms with Crippen molar-refractivity contribution in [2.75, 3.05) is 0 Å². The number of rotatable bonds is 8. The number of hydrogen-bond donors (Lipinski definition) is 0. The van der Waals surface area contributed by atoms with E-state index in [2.05, 4.69) is 27.7 Å². The second-order valence-electron chi connectivity index (χ2n) is 5.42. The molecule has 0 saturated carbocycles. The Bertz CT molecular complexity index is 166. The van der Waals surface area contributed by atoms with E-state index < -0.39 is 0 Å². The van der Waals surface area contributed by atoms with Crippen LogP contribution in [0.25, 0.3) is 0 Å². The van der Waals surface area contributed by atoms with Gasteiger partial charge in [-0.1, -0.05) is 27.7 Å². The first kappa shape index (κ1) is 31.3. The van der Waals surface area contributed by atoms with Crippen LogP contribution in [0.1, 0.15) is 81.1 Å². The minimum Gasteiger partial charge on any atom is -0.677 e. The molecule has 0 amide bonds. The smallest absolute Gasteiger partial charge is 0.150 e. The molecule has 133 valence electrons. The fourth-order valence-corrected chi connectivity index (χ4v) is 1.24. The van der Waals surface area contributed by atoms with Crippen LogP contribution >= 0.6 is 0 Å². The van der Waals surface area contributed by atoms with Crippen molar-refractivity contribution in [3.63, 3.8) is 0 Å². The summed E-state index contributed by atoms with van der Waals surface area (Å²) in [5, 5.41) is 13.7. The van der Waals surface area contributed by atoms with Gasteiger partial charge in [-0.05, 0) is 38.9 Å². The maximum atomic E-state index is 6.83. The van der Waals surface area contributed by atoms with E-state index in [1.165, 1.54) is 0 Å². The average Bonchev–Trinajstić information content (AvgIpc) is 2.47. The van der Waals surface area contributed by atoms with Gasteiger partial charge in [-0.2, -0.15) is 0 Å². The molecule has 0 heterocycles. The van der Waals surface area contributed by atoms with Crippen molar-refractivity contribution in [1.29, 1.82) is 0 Å². The Morgan fingerprint density at radius 2 is 0.909 bits per heavy atom. The van der Waals surface area contributed by atoms with E-state index in [9.17, 15) is 0 Å². The van der Waals surface area contributed by atoms with Crippen LogP contribution < -0.4 is 0 Å². The molecule has 0 aliphatic carbocycles. The maximum absolute atomic E-state index is 6.83. The van der Waals surface area contributed by atoms with Crippen LogP contribution in [0.5, 0.6) is 0 Å². The molecule has 0 aliphatic rings. The normalized spacial score (nSPS) is 15.0. The van der Waals surface area contributed by atoms with Crippen LogP contribution in [0, 0.1) is 0 Å². The monoisotopic (exact) mass is 412 g/mol. The minimum absolute atomic E-state index is 0. The molecule has 4 N–H and O–H groups in total. The van der Waals surface area contributed by atoms with Gasteiger partial charge in [0.05, 0.1) is 0 Å². The van der Waals surface area contributed by atoms with Crippen LogP contribution in [0.4, 0.5) is 0 Å². The zero-order valence-corrected chi connectivity index (χ0v) is 20.1. The molecule has 0 rings (SSSR count). The Labute approximate surface area is 171 Å². The Morgan fingerprint density at radius 3 is 1.05 bits per heavy atom. The summed E-state index contributed by atoms with van der Waals surface area (Å²) in [5.74, 6) is 0. The Hall–Kier alpha value is 1.48. The molecule has 0 fully saturated rings. The minimum atomic E-state index is -0.250. The second-order valence-corrected chi connectivity index (χ2v) is 6.16. The molecule has 0 aromatic heterocycles. The van der Waals surface area contributed by atoms with Crippen LogP contribution in [0.15, 0.2) is 0 Å².